The van der Waals surface area contributed by atoms with Crippen molar-refractivity contribution < 1.29 is 0 Å². The lowest BCUT2D eigenvalue weighted by molar-refractivity contribution is 0.601. The van der Waals surface area contributed by atoms with E-state index in [2.05, 4.69) is 46.3 Å². The Kier molecular flexibility index (Phi) is 5.48. The number of nitrogens with two attached hydrogens (primary N) is 1. The molecule has 0 radical (unpaired) electrons. The molecule has 0 spiro atoms. The zero-order valence-corrected chi connectivity index (χ0v) is 13.3. The highest BCUT2D eigenvalue weighted by atomic mass is 79.9. The number of aryl methyl sites for hydroxylation is 1. The van der Waals surface area contributed by atoms with Gasteiger partial charge in [0.1, 0.15) is 0 Å². The Morgan fingerprint density at radius 2 is 2.32 bits per heavy atom. The summed E-state index contributed by atoms with van der Waals surface area (Å²) in [6.45, 7) is 3.09. The monoisotopic (exact) mass is 339 g/mol. The standard InChI is InChI=1S/C14H18BrN3S/c1-2-6-18-9-11(8-17-18)14(16)10-19-13-5-3-4-12(15)7-13/h3-5,7-9,14H,2,6,10,16H2,1H3. The molecule has 0 bridgehead atoms. The lowest BCUT2D eigenvalue weighted by Crippen LogP contribution is -2.12. The molecule has 102 valence electrons. The molecule has 1 aromatic heterocycles. The van der Waals surface area contributed by atoms with E-state index in [9.17, 15) is 0 Å². The highest BCUT2D eigenvalue weighted by molar-refractivity contribution is 9.10. The maximum absolute atomic E-state index is 6.20. The molecule has 1 atom stereocenters. The summed E-state index contributed by atoms with van der Waals surface area (Å²) in [6.07, 6.45) is 5.01. The van der Waals surface area contributed by atoms with Crippen molar-refractivity contribution in [2.45, 2.75) is 30.8 Å². The van der Waals surface area contributed by atoms with Gasteiger partial charge in [-0.1, -0.05) is 28.9 Å². The van der Waals surface area contributed by atoms with Gasteiger partial charge in [-0.15, -0.1) is 11.8 Å². The number of aromatic nitrogens is 2. The zero-order chi connectivity index (χ0) is 13.7. The summed E-state index contributed by atoms with van der Waals surface area (Å²) < 4.78 is 3.06. The Labute approximate surface area is 126 Å². The van der Waals surface area contributed by atoms with E-state index in [1.807, 2.05) is 23.0 Å². The van der Waals surface area contributed by atoms with Crippen LogP contribution in [0.1, 0.15) is 24.9 Å². The molecule has 0 amide bonds. The van der Waals surface area contributed by atoms with E-state index in [4.69, 9.17) is 5.73 Å². The molecule has 0 aliphatic rings. The average Bonchev–Trinajstić information content (AvgIpc) is 2.85. The molecule has 2 aromatic rings. The summed E-state index contributed by atoms with van der Waals surface area (Å²) in [4.78, 5) is 1.23. The van der Waals surface area contributed by atoms with E-state index in [0.29, 0.717) is 0 Å². The molecule has 1 unspecified atom stereocenters. The maximum Gasteiger partial charge on any atom is 0.0537 e. The van der Waals surface area contributed by atoms with Crippen LogP contribution in [0.25, 0.3) is 0 Å². The van der Waals surface area contributed by atoms with Crippen LogP contribution in [0.3, 0.4) is 0 Å². The topological polar surface area (TPSA) is 43.8 Å². The second kappa shape index (κ2) is 7.12. The average molecular weight is 340 g/mol. The van der Waals surface area contributed by atoms with E-state index in [0.717, 1.165) is 28.8 Å². The van der Waals surface area contributed by atoms with E-state index < -0.39 is 0 Å². The number of hydrogen-bond donors (Lipinski definition) is 1. The Morgan fingerprint density at radius 3 is 3.05 bits per heavy atom. The smallest absolute Gasteiger partial charge is 0.0537 e. The van der Waals surface area contributed by atoms with E-state index >= 15 is 0 Å². The molecule has 0 aliphatic heterocycles. The first-order valence-electron chi connectivity index (χ1n) is 6.35. The van der Waals surface area contributed by atoms with Gasteiger partial charge in [0, 0.05) is 39.5 Å². The molecule has 2 N–H and O–H groups in total. The number of nitrogens with zero attached hydrogens (tertiary/aromatic N) is 2. The van der Waals surface area contributed by atoms with Gasteiger partial charge in [-0.05, 0) is 24.6 Å². The van der Waals surface area contributed by atoms with E-state index in [-0.39, 0.29) is 6.04 Å². The third-order valence-electron chi connectivity index (χ3n) is 2.76. The molecular weight excluding hydrogens is 322 g/mol. The first-order chi connectivity index (χ1) is 9.19. The summed E-state index contributed by atoms with van der Waals surface area (Å²) in [5.41, 5.74) is 7.31. The largest absolute Gasteiger partial charge is 0.323 e. The number of rotatable bonds is 6. The summed E-state index contributed by atoms with van der Waals surface area (Å²) in [7, 11) is 0. The van der Waals surface area contributed by atoms with Crippen LogP contribution in [-0.4, -0.2) is 15.5 Å². The molecule has 0 fully saturated rings. The van der Waals surface area contributed by atoms with Crippen LogP contribution in [0.15, 0.2) is 46.0 Å². The summed E-state index contributed by atoms with van der Waals surface area (Å²) >= 11 is 5.24. The highest BCUT2D eigenvalue weighted by Crippen LogP contribution is 2.25. The van der Waals surface area contributed by atoms with Crippen LogP contribution >= 0.6 is 27.7 Å². The number of thioether (sulfide) groups is 1. The molecule has 0 saturated heterocycles. The van der Waals surface area contributed by atoms with Crippen LogP contribution < -0.4 is 5.73 Å². The zero-order valence-electron chi connectivity index (χ0n) is 10.9. The Bertz CT molecular complexity index is 527. The Balaban J connectivity index is 1.91. The maximum atomic E-state index is 6.20. The molecule has 5 heteroatoms. The molecule has 0 aliphatic carbocycles. The van der Waals surface area contributed by atoms with Gasteiger partial charge in [-0.25, -0.2) is 0 Å². The van der Waals surface area contributed by atoms with Gasteiger partial charge in [0.25, 0.3) is 0 Å². The van der Waals surface area contributed by atoms with Gasteiger partial charge in [-0.3, -0.25) is 4.68 Å². The van der Waals surface area contributed by atoms with Crippen LogP contribution in [0.4, 0.5) is 0 Å². The van der Waals surface area contributed by atoms with Crippen molar-refractivity contribution in [1.29, 1.82) is 0 Å². The summed E-state index contributed by atoms with van der Waals surface area (Å²) in [5.74, 6) is 0.855. The fourth-order valence-electron chi connectivity index (χ4n) is 1.76. The minimum atomic E-state index is 0.0228. The van der Waals surface area contributed by atoms with Crippen molar-refractivity contribution in [3.05, 3.63) is 46.7 Å². The molecule has 3 nitrogen and oxygen atoms in total. The third-order valence-corrected chi connectivity index (χ3v) is 4.37. The SMILES string of the molecule is CCCn1cc(C(N)CSc2cccc(Br)c2)cn1. The van der Waals surface area contributed by atoms with Gasteiger partial charge in [0.05, 0.1) is 6.20 Å². The predicted octanol–water partition coefficient (Wildman–Crippen LogP) is 3.85. The Hall–Kier alpha value is -0.780. The number of halogens is 1. The normalized spacial score (nSPS) is 12.6. The number of benzene rings is 1. The van der Waals surface area contributed by atoms with Crippen LogP contribution in [-0.2, 0) is 6.54 Å². The van der Waals surface area contributed by atoms with Gasteiger partial charge in [0.2, 0.25) is 0 Å². The summed E-state index contributed by atoms with van der Waals surface area (Å²) in [5, 5.41) is 4.32. The van der Waals surface area contributed by atoms with Gasteiger partial charge >= 0.3 is 0 Å². The minimum Gasteiger partial charge on any atom is -0.323 e. The van der Waals surface area contributed by atoms with Crippen LogP contribution in [0.5, 0.6) is 0 Å². The van der Waals surface area contributed by atoms with Crippen molar-refractivity contribution in [2.75, 3.05) is 5.75 Å². The van der Waals surface area contributed by atoms with Crippen LogP contribution in [0.2, 0.25) is 0 Å². The molecule has 1 heterocycles. The first kappa shape index (κ1) is 14.6. The fraction of sp³-hybridized carbons (Fsp3) is 0.357. The molecular formula is C14H18BrN3S. The molecule has 2 rings (SSSR count). The van der Waals surface area contributed by atoms with Gasteiger partial charge < -0.3 is 5.73 Å². The van der Waals surface area contributed by atoms with E-state index in [1.165, 1.54) is 4.90 Å². The first-order valence-corrected chi connectivity index (χ1v) is 8.13. The summed E-state index contributed by atoms with van der Waals surface area (Å²) in [6, 6.07) is 8.30. The minimum absolute atomic E-state index is 0.0228. The fourth-order valence-corrected chi connectivity index (χ4v) is 3.26. The predicted molar refractivity (Wildman–Crippen MR) is 84.3 cm³/mol. The van der Waals surface area contributed by atoms with Crippen LogP contribution in [0, 0.1) is 0 Å². The van der Waals surface area contributed by atoms with Gasteiger partial charge in [0.15, 0.2) is 0 Å². The number of hydrogen-bond acceptors (Lipinski definition) is 3. The second-order valence-corrected chi connectivity index (χ2v) is 6.42. The molecule has 19 heavy (non-hydrogen) atoms. The van der Waals surface area contributed by atoms with E-state index in [1.54, 1.807) is 11.8 Å². The third kappa shape index (κ3) is 4.37. The van der Waals surface area contributed by atoms with Crippen molar-refractivity contribution in [2.24, 2.45) is 5.73 Å². The Morgan fingerprint density at radius 1 is 1.47 bits per heavy atom. The van der Waals surface area contributed by atoms with Crippen molar-refractivity contribution in [1.82, 2.24) is 9.78 Å². The second-order valence-electron chi connectivity index (χ2n) is 4.41. The lowest BCUT2D eigenvalue weighted by Gasteiger charge is -2.09. The van der Waals surface area contributed by atoms with Crippen molar-refractivity contribution >= 4 is 27.7 Å². The van der Waals surface area contributed by atoms with Gasteiger partial charge in [-0.2, -0.15) is 5.10 Å². The highest BCUT2D eigenvalue weighted by Gasteiger charge is 2.09. The quantitative estimate of drug-likeness (QED) is 0.813. The van der Waals surface area contributed by atoms with Crippen molar-refractivity contribution in [3.8, 4) is 0 Å². The molecule has 0 saturated carbocycles. The van der Waals surface area contributed by atoms with Crippen molar-refractivity contribution in [3.63, 3.8) is 0 Å². The lowest BCUT2D eigenvalue weighted by atomic mass is 10.2. The molecule has 1 aromatic carbocycles.